The van der Waals surface area contributed by atoms with Gasteiger partial charge in [0.1, 0.15) is 37.1 Å². The van der Waals surface area contributed by atoms with E-state index in [-0.39, 0.29) is 75.2 Å². The van der Waals surface area contributed by atoms with Crippen molar-refractivity contribution >= 4 is 85.8 Å². The number of rotatable bonds is 14. The van der Waals surface area contributed by atoms with Crippen LogP contribution in [0.5, 0.6) is 0 Å². The summed E-state index contributed by atoms with van der Waals surface area (Å²) in [6.45, 7) is 36.3. The highest BCUT2D eigenvalue weighted by molar-refractivity contribution is 6.84. The lowest BCUT2D eigenvalue weighted by molar-refractivity contribution is -0.0396. The van der Waals surface area contributed by atoms with Crippen molar-refractivity contribution in [3.8, 4) is 0 Å². The third-order valence-corrected chi connectivity index (χ3v) is 38.9. The Hall–Kier alpha value is -5.79. The standard InChI is InChI=1S/C36H47N5O6Si2.C22H39N5O4Si2.C7H5ClO/c1-23(2)48(24(3)4)44-21-32-31(46-49(47-48,25(5)6)26(7)8)19-30(45-32)29-20-37-34-33(38-22-39-41(29)34)40(35(42)27-15-11-9-12-16-27)36(43)28-17-13-10-14-18-28;1-13(2)32(14(3)4)28-11-20-19(30-33(31-32,15(5)6)16(7)8)9-18(29-20)17-10-24-22-21(23)25-12-26-27(17)22;8-7(9)6-4-2-1-3-5-6/h9-18,20,22-26,30-32H,19,21H2,1-8H3;10,12-16,18-20H,9,11H2,1-8H3,(H2,23,25,26);1-5H/t30-,31+,32-;18-,19+,20-;/m11./s1. The quantitative estimate of drug-likeness (QED) is 0.0604. The Morgan fingerprint density at radius 3 is 1.20 bits per heavy atom. The summed E-state index contributed by atoms with van der Waals surface area (Å²) >= 11 is 5.16. The average molecular weight is 1340 g/mol. The lowest BCUT2D eigenvalue weighted by Gasteiger charge is -2.51. The van der Waals surface area contributed by atoms with Crippen molar-refractivity contribution in [1.29, 1.82) is 0 Å². The molecule has 3 aromatic carbocycles. The average Bonchev–Trinajstić information content (AvgIpc) is 1.61. The van der Waals surface area contributed by atoms with Crippen molar-refractivity contribution in [1.82, 2.24) is 39.2 Å². The highest BCUT2D eigenvalue weighted by Gasteiger charge is 2.62. The van der Waals surface area contributed by atoms with Crippen molar-refractivity contribution < 1.29 is 49.8 Å². The van der Waals surface area contributed by atoms with Crippen molar-refractivity contribution in [2.24, 2.45) is 0 Å². The smallest absolute Gasteiger partial charge is 0.335 e. The van der Waals surface area contributed by atoms with E-state index in [1.165, 1.54) is 12.7 Å². The summed E-state index contributed by atoms with van der Waals surface area (Å²) in [6.07, 6.45) is 5.99. The number of amides is 2. The zero-order valence-corrected chi connectivity index (χ0v) is 60.1. The molecule has 490 valence electrons. The molecule has 4 aromatic heterocycles. The molecule has 7 aromatic rings. The van der Waals surface area contributed by atoms with E-state index in [2.05, 4.69) is 141 Å². The predicted molar refractivity (Wildman–Crippen MR) is 359 cm³/mol. The number of carbonyl (C=O) groups is 3. The van der Waals surface area contributed by atoms with Gasteiger partial charge in [0.05, 0.1) is 49.2 Å². The van der Waals surface area contributed by atoms with Crippen LogP contribution in [-0.4, -0.2) is 128 Å². The number of imidazole rings is 2. The number of nitrogens with zero attached hydrogens (tertiary/aromatic N) is 9. The topological polar surface area (TPSA) is 240 Å². The van der Waals surface area contributed by atoms with Crippen LogP contribution in [-0.2, 0) is 35.4 Å². The fourth-order valence-corrected chi connectivity index (χ4v) is 35.8. The van der Waals surface area contributed by atoms with Crippen LogP contribution in [0.2, 0.25) is 44.3 Å². The van der Waals surface area contributed by atoms with Crippen LogP contribution >= 0.6 is 11.6 Å². The van der Waals surface area contributed by atoms with E-state index < -0.39 is 57.4 Å². The first-order valence-corrected chi connectivity index (χ1v) is 40.2. The number of ether oxygens (including phenoxy) is 2. The van der Waals surface area contributed by atoms with Crippen LogP contribution in [0.3, 0.4) is 0 Å². The highest BCUT2D eigenvalue weighted by Crippen LogP contribution is 2.51. The minimum atomic E-state index is -2.82. The number of hydrogen-bond acceptors (Lipinski definition) is 18. The molecule has 0 unspecified atom stereocenters. The third kappa shape index (κ3) is 13.9. The maximum Gasteiger partial charge on any atom is 0.335 e. The molecule has 21 nitrogen and oxygen atoms in total. The second-order valence-electron chi connectivity index (χ2n) is 26.4. The number of carbonyl (C=O) groups excluding carboxylic acids is 3. The van der Waals surface area contributed by atoms with Gasteiger partial charge in [-0.2, -0.15) is 10.2 Å². The number of nitrogens with two attached hydrogens (primary N) is 1. The first-order chi connectivity index (χ1) is 43.2. The number of aromatic nitrogens is 8. The summed E-state index contributed by atoms with van der Waals surface area (Å²) in [5, 5.41) is 8.48. The highest BCUT2D eigenvalue weighted by atomic mass is 35.5. The van der Waals surface area contributed by atoms with Gasteiger partial charge < -0.3 is 41.1 Å². The first kappa shape index (κ1) is 69.5. The lowest BCUT2D eigenvalue weighted by atomic mass is 10.1. The molecule has 11 rings (SSSR count). The van der Waals surface area contributed by atoms with Gasteiger partial charge in [0.2, 0.25) is 0 Å². The van der Waals surface area contributed by atoms with E-state index in [1.807, 2.05) is 18.2 Å². The Morgan fingerprint density at radius 2 is 0.835 bits per heavy atom. The van der Waals surface area contributed by atoms with E-state index >= 15 is 0 Å². The molecule has 4 saturated heterocycles. The summed E-state index contributed by atoms with van der Waals surface area (Å²) in [5.41, 5.74) is 11.6. The number of imide groups is 1. The molecule has 4 aliphatic rings. The molecule has 8 heterocycles. The fraction of sp³-hybridized carbons (Fsp3) is 0.523. The molecular formula is C65H91ClN10O11Si4. The van der Waals surface area contributed by atoms with Gasteiger partial charge in [-0.1, -0.05) is 178 Å². The molecule has 0 saturated carbocycles. The second kappa shape index (κ2) is 28.8. The Morgan fingerprint density at radius 1 is 0.484 bits per heavy atom. The van der Waals surface area contributed by atoms with Gasteiger partial charge in [0, 0.05) is 29.5 Å². The maximum absolute atomic E-state index is 14.0. The van der Waals surface area contributed by atoms with Crippen molar-refractivity contribution in [2.75, 3.05) is 23.8 Å². The number of hydrogen-bond donors (Lipinski definition) is 1. The van der Waals surface area contributed by atoms with Crippen LogP contribution in [0.15, 0.2) is 116 Å². The molecular weight excluding hydrogens is 1240 g/mol. The molecule has 91 heavy (non-hydrogen) atoms. The van der Waals surface area contributed by atoms with Gasteiger partial charge in [-0.15, -0.1) is 0 Å². The van der Waals surface area contributed by atoms with Crippen molar-refractivity contribution in [3.05, 3.63) is 144 Å². The van der Waals surface area contributed by atoms with Gasteiger partial charge in [-0.05, 0) is 80.2 Å². The van der Waals surface area contributed by atoms with Crippen LogP contribution in [0, 0.1) is 0 Å². The molecule has 0 radical (unpaired) electrons. The van der Waals surface area contributed by atoms with E-state index in [0.717, 1.165) is 10.6 Å². The van der Waals surface area contributed by atoms with Crippen LogP contribution < -0.4 is 10.6 Å². The Bertz CT molecular complexity index is 3520. The van der Waals surface area contributed by atoms with E-state index in [4.69, 9.17) is 52.7 Å². The maximum atomic E-state index is 14.0. The largest absolute Gasteiger partial charge is 0.414 e. The van der Waals surface area contributed by atoms with Crippen LogP contribution in [0.4, 0.5) is 11.6 Å². The monoisotopic (exact) mass is 1330 g/mol. The Labute approximate surface area is 544 Å². The second-order valence-corrected chi connectivity index (χ2v) is 44.5. The normalized spacial score (nSPS) is 22.7. The number of nitrogen functional groups attached to an aromatic ring is 1. The summed E-state index contributed by atoms with van der Waals surface area (Å²) in [4.78, 5) is 57.0. The molecule has 0 bridgehead atoms. The minimum Gasteiger partial charge on any atom is -0.414 e. The molecule has 0 spiro atoms. The van der Waals surface area contributed by atoms with Gasteiger partial charge in [0.25, 0.3) is 17.1 Å². The van der Waals surface area contributed by atoms with Gasteiger partial charge in [0.15, 0.2) is 22.9 Å². The Balaban J connectivity index is 0.000000200. The zero-order chi connectivity index (χ0) is 65.9. The molecule has 0 aliphatic carbocycles. The molecule has 4 fully saturated rings. The van der Waals surface area contributed by atoms with E-state index in [9.17, 15) is 14.4 Å². The van der Waals surface area contributed by atoms with Crippen molar-refractivity contribution in [3.63, 3.8) is 0 Å². The number of benzene rings is 3. The SMILES string of the molecule is CC(C)[Si]1(C(C)C)OC[C@H]2O[C@@H](c3cnc4c(N(C(=O)c5ccccc5)C(=O)c5ccccc5)ncnn34)C[C@@H]2O[Si](C(C)C)(C(C)C)O1.CC(C)[Si]1(C(C)C)OC[C@H]2O[C@@H](c3cnc4c(N)ncnn34)C[C@@H]2O[Si](C(C)C)(C(C)C)O1.O=C(Cl)c1ccccc1. The molecule has 2 amide bonds. The third-order valence-electron chi connectivity index (χ3n) is 18.1. The molecule has 26 heteroatoms. The van der Waals surface area contributed by atoms with Gasteiger partial charge >= 0.3 is 34.2 Å². The molecule has 6 atom stereocenters. The summed E-state index contributed by atoms with van der Waals surface area (Å²) in [5.74, 6) is -0.611. The Kier molecular flexibility index (Phi) is 22.0. The molecule has 2 N–H and O–H groups in total. The lowest BCUT2D eigenvalue weighted by Crippen LogP contribution is -2.65. The van der Waals surface area contributed by atoms with Crippen LogP contribution in [0.1, 0.15) is 178 Å². The zero-order valence-electron chi connectivity index (χ0n) is 55.4. The van der Waals surface area contributed by atoms with Crippen LogP contribution in [0.25, 0.3) is 11.3 Å². The summed E-state index contributed by atoms with van der Waals surface area (Å²) in [7, 11) is -10.8. The first-order valence-electron chi connectivity index (χ1n) is 31.9. The summed E-state index contributed by atoms with van der Waals surface area (Å²) in [6, 6.07) is 26.1. The van der Waals surface area contributed by atoms with E-state index in [1.54, 1.807) is 94.2 Å². The van der Waals surface area contributed by atoms with E-state index in [0.29, 0.717) is 71.0 Å². The predicted octanol–water partition coefficient (Wildman–Crippen LogP) is 14.0. The number of fused-ring (bicyclic) bond motifs is 4. The minimum absolute atomic E-state index is 0.0802. The molecule has 4 aliphatic heterocycles. The van der Waals surface area contributed by atoms with Crippen molar-refractivity contribution in [2.45, 2.75) is 205 Å². The number of halogens is 1. The summed E-state index contributed by atoms with van der Waals surface area (Å²) < 4.78 is 59.3. The van der Waals surface area contributed by atoms with Gasteiger partial charge in [-0.25, -0.2) is 33.9 Å². The number of anilines is 2. The van der Waals surface area contributed by atoms with Gasteiger partial charge in [-0.3, -0.25) is 14.4 Å². The fourth-order valence-electron chi connectivity index (χ4n) is 13.2.